The lowest BCUT2D eigenvalue weighted by Gasteiger charge is -2.42. The molecule has 0 aromatic heterocycles. The molecule has 114 valence electrons. The average Bonchev–Trinajstić information content (AvgIpc) is 2.41. The van der Waals surface area contributed by atoms with Crippen LogP contribution < -0.4 is 5.32 Å². The molecule has 2 rings (SSSR count). The van der Waals surface area contributed by atoms with Crippen LogP contribution in [0.15, 0.2) is 0 Å². The number of rotatable bonds is 2. The number of hydrogen-bond acceptors (Lipinski definition) is 3. The molecule has 6 heteroatoms. The van der Waals surface area contributed by atoms with Gasteiger partial charge in [-0.25, -0.2) is 9.59 Å². The van der Waals surface area contributed by atoms with E-state index < -0.39 is 11.5 Å². The second-order valence-corrected chi connectivity index (χ2v) is 6.21. The van der Waals surface area contributed by atoms with E-state index in [1.807, 2.05) is 0 Å². The minimum absolute atomic E-state index is 0.165. The van der Waals surface area contributed by atoms with Gasteiger partial charge in [0.25, 0.3) is 0 Å². The fraction of sp³-hybridized carbons (Fsp3) is 0.857. The molecule has 6 nitrogen and oxygen atoms in total. The second-order valence-electron chi connectivity index (χ2n) is 6.21. The zero-order chi connectivity index (χ0) is 14.8. The Bertz CT molecular complexity index is 380. The van der Waals surface area contributed by atoms with Crippen molar-refractivity contribution < 1.29 is 14.7 Å². The van der Waals surface area contributed by atoms with Crippen LogP contribution in [-0.4, -0.2) is 65.2 Å². The molecule has 20 heavy (non-hydrogen) atoms. The van der Waals surface area contributed by atoms with Crippen molar-refractivity contribution in [1.29, 1.82) is 0 Å². The molecule has 0 aromatic carbocycles. The highest BCUT2D eigenvalue weighted by Gasteiger charge is 2.44. The lowest BCUT2D eigenvalue weighted by Crippen LogP contribution is -2.61. The first-order valence-corrected chi connectivity index (χ1v) is 7.43. The van der Waals surface area contributed by atoms with Gasteiger partial charge in [0.2, 0.25) is 0 Å². The first-order valence-electron chi connectivity index (χ1n) is 7.43. The fourth-order valence-electron chi connectivity index (χ4n) is 3.07. The minimum atomic E-state index is -1.06. The summed E-state index contributed by atoms with van der Waals surface area (Å²) in [7, 11) is 2.07. The number of carboxylic acid groups (broad SMARTS) is 1. The molecule has 0 radical (unpaired) electrons. The third kappa shape index (κ3) is 3.06. The summed E-state index contributed by atoms with van der Waals surface area (Å²) in [6, 6.07) is -0.0529. The third-order valence-corrected chi connectivity index (χ3v) is 4.64. The van der Waals surface area contributed by atoms with Gasteiger partial charge in [-0.15, -0.1) is 0 Å². The maximum Gasteiger partial charge on any atom is 0.329 e. The predicted octanol–water partition coefficient (Wildman–Crippen LogP) is 1.12. The monoisotopic (exact) mass is 283 g/mol. The van der Waals surface area contributed by atoms with E-state index in [9.17, 15) is 14.7 Å². The second kappa shape index (κ2) is 5.99. The van der Waals surface area contributed by atoms with Gasteiger partial charge in [0.15, 0.2) is 0 Å². The maximum atomic E-state index is 12.4. The van der Waals surface area contributed by atoms with E-state index in [1.165, 1.54) is 4.90 Å². The first-order chi connectivity index (χ1) is 9.43. The van der Waals surface area contributed by atoms with E-state index in [0.29, 0.717) is 13.0 Å². The van der Waals surface area contributed by atoms with Crippen molar-refractivity contribution in [2.45, 2.75) is 50.6 Å². The van der Waals surface area contributed by atoms with E-state index in [4.69, 9.17) is 0 Å². The molecule has 2 heterocycles. The third-order valence-electron chi connectivity index (χ3n) is 4.64. The summed E-state index contributed by atoms with van der Waals surface area (Å²) >= 11 is 0. The summed E-state index contributed by atoms with van der Waals surface area (Å²) in [6.45, 7) is 4.13. The molecule has 0 spiro atoms. The number of carbonyl (C=O) groups excluding carboxylic acids is 1. The maximum absolute atomic E-state index is 12.4. The molecule has 0 aromatic rings. The highest BCUT2D eigenvalue weighted by atomic mass is 16.4. The number of amides is 2. The normalized spacial score (nSPS) is 29.2. The van der Waals surface area contributed by atoms with Crippen molar-refractivity contribution in [2.24, 2.45) is 0 Å². The molecule has 2 fully saturated rings. The molecule has 2 aliphatic heterocycles. The number of piperidine rings is 2. The standard InChI is InChI=1S/C14H25N3O3/c1-14(12(18)19)7-3-4-8-17(14)13(20)15-11-5-9-16(2)10-6-11/h11H,3-10H2,1-2H3,(H,15,20)(H,18,19). The van der Waals surface area contributed by atoms with Crippen LogP contribution >= 0.6 is 0 Å². The molecule has 0 bridgehead atoms. The summed E-state index contributed by atoms with van der Waals surface area (Å²) in [5.41, 5.74) is -1.06. The molecule has 0 aliphatic carbocycles. The predicted molar refractivity (Wildman–Crippen MR) is 75.6 cm³/mol. The van der Waals surface area contributed by atoms with Crippen molar-refractivity contribution in [3.05, 3.63) is 0 Å². The smallest absolute Gasteiger partial charge is 0.329 e. The van der Waals surface area contributed by atoms with Crippen LogP contribution in [0.25, 0.3) is 0 Å². The summed E-state index contributed by atoms with van der Waals surface area (Å²) in [5, 5.41) is 12.4. The Hall–Kier alpha value is -1.30. The Balaban J connectivity index is 1.98. The molecule has 2 saturated heterocycles. The van der Waals surface area contributed by atoms with Crippen molar-refractivity contribution in [1.82, 2.24) is 15.1 Å². The SMILES string of the molecule is CN1CCC(NC(=O)N2CCCCC2(C)C(=O)O)CC1. The number of carboxylic acids is 1. The van der Waals surface area contributed by atoms with E-state index in [0.717, 1.165) is 38.8 Å². The summed E-state index contributed by atoms with van der Waals surface area (Å²) < 4.78 is 0. The van der Waals surface area contributed by atoms with Crippen LogP contribution in [0.2, 0.25) is 0 Å². The van der Waals surface area contributed by atoms with Crippen molar-refractivity contribution in [3.63, 3.8) is 0 Å². The Morgan fingerprint density at radius 2 is 1.85 bits per heavy atom. The zero-order valence-electron chi connectivity index (χ0n) is 12.4. The molecule has 0 saturated carbocycles. The minimum Gasteiger partial charge on any atom is -0.480 e. The lowest BCUT2D eigenvalue weighted by molar-refractivity contribution is -0.150. The molecule has 2 aliphatic rings. The number of nitrogens with zero attached hydrogens (tertiary/aromatic N) is 2. The average molecular weight is 283 g/mol. The summed E-state index contributed by atoms with van der Waals surface area (Å²) in [4.78, 5) is 27.7. The highest BCUT2D eigenvalue weighted by molar-refractivity contribution is 5.86. The fourth-order valence-corrected chi connectivity index (χ4v) is 3.07. The van der Waals surface area contributed by atoms with Gasteiger partial charge in [-0.2, -0.15) is 0 Å². The van der Waals surface area contributed by atoms with Crippen LogP contribution in [0.4, 0.5) is 4.79 Å². The summed E-state index contributed by atoms with van der Waals surface area (Å²) in [5.74, 6) is -0.907. The van der Waals surface area contributed by atoms with Crippen molar-refractivity contribution in [2.75, 3.05) is 26.7 Å². The first kappa shape index (κ1) is 15.1. The van der Waals surface area contributed by atoms with E-state index in [-0.39, 0.29) is 12.1 Å². The van der Waals surface area contributed by atoms with Gasteiger partial charge in [0, 0.05) is 12.6 Å². The Kier molecular flexibility index (Phi) is 4.52. The molecule has 2 N–H and O–H groups in total. The number of likely N-dealkylation sites (tertiary alicyclic amines) is 2. The van der Waals surface area contributed by atoms with E-state index in [2.05, 4.69) is 17.3 Å². The van der Waals surface area contributed by atoms with Crippen LogP contribution in [0.3, 0.4) is 0 Å². The van der Waals surface area contributed by atoms with Crippen LogP contribution in [-0.2, 0) is 4.79 Å². The summed E-state index contributed by atoms with van der Waals surface area (Å²) in [6.07, 6.45) is 4.13. The van der Waals surface area contributed by atoms with E-state index in [1.54, 1.807) is 6.92 Å². The quantitative estimate of drug-likeness (QED) is 0.796. The molecule has 2 amide bonds. The van der Waals surface area contributed by atoms with Crippen LogP contribution in [0.5, 0.6) is 0 Å². The number of hydrogen-bond donors (Lipinski definition) is 2. The Morgan fingerprint density at radius 3 is 2.45 bits per heavy atom. The van der Waals surface area contributed by atoms with E-state index >= 15 is 0 Å². The van der Waals surface area contributed by atoms with Gasteiger partial charge in [-0.3, -0.25) is 0 Å². The van der Waals surface area contributed by atoms with Crippen molar-refractivity contribution in [3.8, 4) is 0 Å². The van der Waals surface area contributed by atoms with Gasteiger partial charge in [0.1, 0.15) is 5.54 Å². The Morgan fingerprint density at radius 1 is 1.20 bits per heavy atom. The van der Waals surface area contributed by atoms with Crippen LogP contribution in [0, 0.1) is 0 Å². The largest absolute Gasteiger partial charge is 0.480 e. The number of carbonyl (C=O) groups is 2. The van der Waals surface area contributed by atoms with Gasteiger partial charge in [-0.05, 0) is 59.2 Å². The molecular weight excluding hydrogens is 258 g/mol. The zero-order valence-corrected chi connectivity index (χ0v) is 12.4. The Labute approximate surface area is 120 Å². The number of aliphatic carboxylic acids is 1. The number of nitrogens with one attached hydrogen (secondary N) is 1. The molecule has 1 atom stereocenters. The molecular formula is C14H25N3O3. The van der Waals surface area contributed by atoms with Gasteiger partial charge in [-0.1, -0.05) is 0 Å². The van der Waals surface area contributed by atoms with Gasteiger partial charge < -0.3 is 20.2 Å². The molecule has 1 unspecified atom stereocenters. The van der Waals surface area contributed by atoms with Crippen LogP contribution in [0.1, 0.15) is 39.0 Å². The lowest BCUT2D eigenvalue weighted by atomic mass is 9.89. The topological polar surface area (TPSA) is 72.9 Å². The van der Waals surface area contributed by atoms with Crippen molar-refractivity contribution >= 4 is 12.0 Å². The highest BCUT2D eigenvalue weighted by Crippen LogP contribution is 2.28. The number of urea groups is 1. The van der Waals surface area contributed by atoms with Gasteiger partial charge >= 0.3 is 12.0 Å². The van der Waals surface area contributed by atoms with Gasteiger partial charge in [0.05, 0.1) is 0 Å².